The predicted octanol–water partition coefficient (Wildman–Crippen LogP) is -0.838. The second kappa shape index (κ2) is 10.4. The highest BCUT2D eigenvalue weighted by Crippen LogP contribution is 2.20. The van der Waals surface area contributed by atoms with Crippen molar-refractivity contribution in [1.29, 1.82) is 0 Å². The largest absolute Gasteiger partial charge is 0.483 e. The lowest BCUT2D eigenvalue weighted by Gasteiger charge is -2.35. The summed E-state index contributed by atoms with van der Waals surface area (Å²) in [6.45, 7) is 7.26. The van der Waals surface area contributed by atoms with Crippen molar-refractivity contribution >= 4 is 18.3 Å². The molecular weight excluding hydrogens is 342 g/mol. The van der Waals surface area contributed by atoms with Crippen LogP contribution in [0, 0.1) is 5.92 Å². The van der Waals surface area contributed by atoms with Crippen molar-refractivity contribution in [2.75, 3.05) is 52.6 Å². The van der Waals surface area contributed by atoms with Crippen LogP contribution in [0.4, 0.5) is 0 Å². The number of ether oxygens (including phenoxy) is 2. The SMILES string of the molecule is CC(=O)N1CCC(C(=O)N[C@H]2COC[C@@H]2N2CCOCC2)CC1.O=CO. The third-order valence-electron chi connectivity index (χ3n) is 5.20. The summed E-state index contributed by atoms with van der Waals surface area (Å²) in [6, 6.07) is 0.312. The first-order chi connectivity index (χ1) is 12.6. The summed E-state index contributed by atoms with van der Waals surface area (Å²) < 4.78 is 11.0. The minimum absolute atomic E-state index is 0.0107. The number of carbonyl (C=O) groups excluding carboxylic acids is 2. The van der Waals surface area contributed by atoms with Gasteiger partial charge in [-0.25, -0.2) is 0 Å². The van der Waals surface area contributed by atoms with Gasteiger partial charge in [-0.2, -0.15) is 0 Å². The Hall–Kier alpha value is -1.71. The number of nitrogens with one attached hydrogen (secondary N) is 1. The summed E-state index contributed by atoms with van der Waals surface area (Å²) in [5.41, 5.74) is 0. The van der Waals surface area contributed by atoms with E-state index in [2.05, 4.69) is 10.2 Å². The van der Waals surface area contributed by atoms with Crippen LogP contribution in [0.15, 0.2) is 0 Å². The summed E-state index contributed by atoms with van der Waals surface area (Å²) >= 11 is 0. The molecule has 9 nitrogen and oxygen atoms in total. The van der Waals surface area contributed by atoms with E-state index in [1.54, 1.807) is 6.92 Å². The third kappa shape index (κ3) is 5.65. The van der Waals surface area contributed by atoms with Crippen LogP contribution >= 0.6 is 0 Å². The first kappa shape index (κ1) is 20.6. The van der Waals surface area contributed by atoms with Gasteiger partial charge >= 0.3 is 0 Å². The second-order valence-electron chi connectivity index (χ2n) is 6.75. The van der Waals surface area contributed by atoms with E-state index in [0.717, 1.165) is 39.1 Å². The van der Waals surface area contributed by atoms with Crippen molar-refractivity contribution in [3.63, 3.8) is 0 Å². The number of nitrogens with zero attached hydrogens (tertiary/aromatic N) is 2. The average Bonchev–Trinajstić information content (AvgIpc) is 3.11. The highest BCUT2D eigenvalue weighted by atomic mass is 16.5. The second-order valence-corrected chi connectivity index (χ2v) is 6.75. The van der Waals surface area contributed by atoms with Crippen molar-refractivity contribution in [3.05, 3.63) is 0 Å². The number of hydrogen-bond acceptors (Lipinski definition) is 6. The minimum Gasteiger partial charge on any atom is -0.483 e. The lowest BCUT2D eigenvalue weighted by Crippen LogP contribution is -2.55. The third-order valence-corrected chi connectivity index (χ3v) is 5.20. The molecule has 0 saturated carbocycles. The van der Waals surface area contributed by atoms with E-state index >= 15 is 0 Å². The summed E-state index contributed by atoms with van der Waals surface area (Å²) in [6.07, 6.45) is 1.50. The Morgan fingerprint density at radius 1 is 1.08 bits per heavy atom. The summed E-state index contributed by atoms with van der Waals surface area (Å²) in [5, 5.41) is 10.1. The molecule has 0 aromatic rings. The Balaban J connectivity index is 0.000000758. The molecule has 2 N–H and O–H groups in total. The Morgan fingerprint density at radius 3 is 2.27 bits per heavy atom. The van der Waals surface area contributed by atoms with Gasteiger partial charge in [0.2, 0.25) is 11.8 Å². The van der Waals surface area contributed by atoms with Crippen LogP contribution in [-0.4, -0.2) is 97.9 Å². The van der Waals surface area contributed by atoms with Crippen LogP contribution in [-0.2, 0) is 23.9 Å². The van der Waals surface area contributed by atoms with Gasteiger partial charge in [-0.3, -0.25) is 19.3 Å². The molecule has 3 heterocycles. The zero-order valence-corrected chi connectivity index (χ0v) is 15.3. The van der Waals surface area contributed by atoms with Gasteiger partial charge in [-0.1, -0.05) is 0 Å². The fraction of sp³-hybridized carbons (Fsp3) is 0.824. The number of piperidine rings is 1. The smallest absolute Gasteiger partial charge is 0.290 e. The van der Waals surface area contributed by atoms with Crippen LogP contribution in [0.25, 0.3) is 0 Å². The fourth-order valence-corrected chi connectivity index (χ4v) is 3.71. The first-order valence-corrected chi connectivity index (χ1v) is 9.10. The molecule has 3 fully saturated rings. The molecule has 26 heavy (non-hydrogen) atoms. The summed E-state index contributed by atoms with van der Waals surface area (Å²) in [4.78, 5) is 36.5. The molecule has 0 bridgehead atoms. The minimum atomic E-state index is -0.250. The maximum Gasteiger partial charge on any atom is 0.290 e. The van der Waals surface area contributed by atoms with E-state index in [9.17, 15) is 9.59 Å². The van der Waals surface area contributed by atoms with Crippen molar-refractivity contribution in [2.45, 2.75) is 31.8 Å². The number of amides is 2. The van der Waals surface area contributed by atoms with E-state index in [-0.39, 0.29) is 36.3 Å². The lowest BCUT2D eigenvalue weighted by molar-refractivity contribution is -0.134. The predicted molar refractivity (Wildman–Crippen MR) is 92.6 cm³/mol. The zero-order chi connectivity index (χ0) is 18.9. The highest BCUT2D eigenvalue weighted by Gasteiger charge is 2.36. The number of morpholine rings is 1. The normalized spacial score (nSPS) is 27.3. The molecule has 3 aliphatic rings. The lowest BCUT2D eigenvalue weighted by atomic mass is 9.95. The van der Waals surface area contributed by atoms with Gasteiger partial charge in [0.1, 0.15) is 0 Å². The van der Waals surface area contributed by atoms with Crippen LogP contribution in [0.2, 0.25) is 0 Å². The monoisotopic (exact) mass is 371 g/mol. The molecule has 3 rings (SSSR count). The molecule has 9 heteroatoms. The van der Waals surface area contributed by atoms with Gasteiger partial charge in [0, 0.05) is 39.0 Å². The standard InChI is InChI=1S/C16H27N3O4.CH2O2/c1-12(20)18-4-2-13(3-5-18)16(21)17-14-10-23-11-15(14)19-6-8-22-9-7-19;2-1-3/h13-15H,2-11H2,1H3,(H,17,21);1H,(H,2,3)/t14-,15-;/m0./s1. The molecule has 3 saturated heterocycles. The van der Waals surface area contributed by atoms with E-state index in [0.29, 0.717) is 26.3 Å². The molecule has 148 valence electrons. The van der Waals surface area contributed by atoms with E-state index in [1.165, 1.54) is 0 Å². The summed E-state index contributed by atoms with van der Waals surface area (Å²) in [5.74, 6) is 0.221. The molecule has 0 aliphatic carbocycles. The summed E-state index contributed by atoms with van der Waals surface area (Å²) in [7, 11) is 0. The Morgan fingerprint density at radius 2 is 1.69 bits per heavy atom. The molecule has 0 aromatic carbocycles. The Bertz CT molecular complexity index is 475. The van der Waals surface area contributed by atoms with Gasteiger partial charge in [-0.05, 0) is 12.8 Å². The van der Waals surface area contributed by atoms with Crippen molar-refractivity contribution in [1.82, 2.24) is 15.1 Å². The average molecular weight is 371 g/mol. The van der Waals surface area contributed by atoms with Crippen molar-refractivity contribution < 1.29 is 29.0 Å². The van der Waals surface area contributed by atoms with E-state index < -0.39 is 0 Å². The van der Waals surface area contributed by atoms with Gasteiger partial charge in [0.25, 0.3) is 6.47 Å². The number of carbonyl (C=O) groups is 3. The Labute approximate surface area is 153 Å². The maximum atomic E-state index is 12.5. The van der Waals surface area contributed by atoms with Crippen LogP contribution in [0.1, 0.15) is 19.8 Å². The maximum absolute atomic E-state index is 12.5. The first-order valence-electron chi connectivity index (χ1n) is 9.10. The molecule has 3 aliphatic heterocycles. The Kier molecular flexibility index (Phi) is 8.27. The van der Waals surface area contributed by atoms with Crippen LogP contribution < -0.4 is 5.32 Å². The zero-order valence-electron chi connectivity index (χ0n) is 15.3. The molecule has 0 spiro atoms. The fourth-order valence-electron chi connectivity index (χ4n) is 3.71. The van der Waals surface area contributed by atoms with Crippen LogP contribution in [0.5, 0.6) is 0 Å². The topological polar surface area (TPSA) is 108 Å². The molecule has 0 unspecified atom stereocenters. The number of rotatable bonds is 3. The van der Waals surface area contributed by atoms with Gasteiger partial charge in [0.15, 0.2) is 0 Å². The van der Waals surface area contributed by atoms with E-state index in [1.807, 2.05) is 4.90 Å². The van der Waals surface area contributed by atoms with Crippen molar-refractivity contribution in [2.24, 2.45) is 5.92 Å². The van der Waals surface area contributed by atoms with Gasteiger partial charge < -0.3 is 24.8 Å². The molecule has 0 aromatic heterocycles. The molecule has 0 radical (unpaired) electrons. The number of hydrogen-bond donors (Lipinski definition) is 2. The number of likely N-dealkylation sites (tertiary alicyclic amines) is 1. The molecule has 2 amide bonds. The number of carboxylic acid groups (broad SMARTS) is 1. The highest BCUT2D eigenvalue weighted by molar-refractivity contribution is 5.80. The van der Waals surface area contributed by atoms with Gasteiger partial charge in [-0.15, -0.1) is 0 Å². The van der Waals surface area contributed by atoms with Crippen LogP contribution in [0.3, 0.4) is 0 Å². The molecule has 2 atom stereocenters. The van der Waals surface area contributed by atoms with Crippen molar-refractivity contribution in [3.8, 4) is 0 Å². The van der Waals surface area contributed by atoms with Gasteiger partial charge in [0.05, 0.1) is 38.5 Å². The van der Waals surface area contributed by atoms with E-state index in [4.69, 9.17) is 19.4 Å². The quantitative estimate of drug-likeness (QED) is 0.623. The molecular formula is C17H29N3O6.